The van der Waals surface area contributed by atoms with E-state index in [9.17, 15) is 4.79 Å². The Bertz CT molecular complexity index is 681. The number of aromatic nitrogens is 1. The molecule has 1 aromatic carbocycles. The summed E-state index contributed by atoms with van der Waals surface area (Å²) in [5.74, 6) is 0.140. The van der Waals surface area contributed by atoms with E-state index in [4.69, 9.17) is 4.74 Å². The highest BCUT2D eigenvalue weighted by molar-refractivity contribution is 5.76. The predicted molar refractivity (Wildman–Crippen MR) is 97.9 cm³/mol. The molecular weight excluding hydrogens is 312 g/mol. The summed E-state index contributed by atoms with van der Waals surface area (Å²) in [5.41, 5.74) is 3.29. The van der Waals surface area contributed by atoms with Gasteiger partial charge in [0.25, 0.3) is 0 Å². The van der Waals surface area contributed by atoms with E-state index in [2.05, 4.69) is 24.0 Å². The van der Waals surface area contributed by atoms with Crippen LogP contribution < -0.4 is 0 Å². The van der Waals surface area contributed by atoms with Gasteiger partial charge in [0.15, 0.2) is 0 Å². The number of hydrogen-bond acceptors (Lipinski definition) is 3. The minimum absolute atomic E-state index is 0.0596. The van der Waals surface area contributed by atoms with Crippen LogP contribution in [0.5, 0.6) is 0 Å². The van der Waals surface area contributed by atoms with Crippen LogP contribution in [0.2, 0.25) is 0 Å². The number of carbonyl (C=O) groups is 1. The van der Waals surface area contributed by atoms with Crippen LogP contribution in [0.4, 0.5) is 0 Å². The Morgan fingerprint density at radius 3 is 2.72 bits per heavy atom. The van der Waals surface area contributed by atoms with E-state index in [0.29, 0.717) is 19.5 Å². The molecule has 1 atom stereocenters. The molecule has 0 saturated carbocycles. The van der Waals surface area contributed by atoms with E-state index in [1.54, 1.807) is 6.20 Å². The summed E-state index contributed by atoms with van der Waals surface area (Å²) >= 11 is 0. The first kappa shape index (κ1) is 17.6. The third kappa shape index (κ3) is 5.13. The third-order valence-corrected chi connectivity index (χ3v) is 4.73. The Morgan fingerprint density at radius 1 is 1.16 bits per heavy atom. The zero-order chi connectivity index (χ0) is 17.5. The van der Waals surface area contributed by atoms with Gasteiger partial charge in [-0.05, 0) is 49.4 Å². The van der Waals surface area contributed by atoms with E-state index < -0.39 is 0 Å². The monoisotopic (exact) mass is 338 g/mol. The van der Waals surface area contributed by atoms with Crippen molar-refractivity contribution in [2.75, 3.05) is 6.61 Å². The number of carbonyl (C=O) groups excluding carboxylic acids is 1. The summed E-state index contributed by atoms with van der Waals surface area (Å²) in [7, 11) is 0. The van der Waals surface area contributed by atoms with Crippen LogP contribution in [0.15, 0.2) is 48.7 Å². The van der Waals surface area contributed by atoms with Gasteiger partial charge in [-0.15, -0.1) is 0 Å². The van der Waals surface area contributed by atoms with Crippen molar-refractivity contribution in [3.05, 3.63) is 65.5 Å². The molecule has 4 nitrogen and oxygen atoms in total. The van der Waals surface area contributed by atoms with Crippen molar-refractivity contribution < 1.29 is 9.53 Å². The van der Waals surface area contributed by atoms with Crippen molar-refractivity contribution in [1.82, 2.24) is 9.88 Å². The Kier molecular flexibility index (Phi) is 6.18. The van der Waals surface area contributed by atoms with E-state index in [0.717, 1.165) is 31.6 Å². The van der Waals surface area contributed by atoms with Crippen molar-refractivity contribution in [2.45, 2.75) is 51.8 Å². The average Bonchev–Trinajstić information content (AvgIpc) is 2.64. The van der Waals surface area contributed by atoms with Gasteiger partial charge in [-0.2, -0.15) is 0 Å². The van der Waals surface area contributed by atoms with Crippen LogP contribution in [0.1, 0.15) is 42.5 Å². The van der Waals surface area contributed by atoms with Crippen molar-refractivity contribution in [2.24, 2.45) is 0 Å². The van der Waals surface area contributed by atoms with Crippen molar-refractivity contribution in [3.63, 3.8) is 0 Å². The van der Waals surface area contributed by atoms with Crippen molar-refractivity contribution in [1.29, 1.82) is 0 Å². The predicted octanol–water partition coefficient (Wildman–Crippen LogP) is 3.88. The Balaban J connectivity index is 1.73. The lowest BCUT2D eigenvalue weighted by Crippen LogP contribution is -2.34. The largest absolute Gasteiger partial charge is 0.378 e. The molecule has 0 aliphatic carbocycles. The fourth-order valence-corrected chi connectivity index (χ4v) is 3.20. The maximum Gasteiger partial charge on any atom is 0.225 e. The number of pyridine rings is 1. The molecule has 25 heavy (non-hydrogen) atoms. The molecule has 1 unspecified atom stereocenters. The Hall–Kier alpha value is -2.20. The minimum Gasteiger partial charge on any atom is -0.378 e. The van der Waals surface area contributed by atoms with E-state index in [1.807, 2.05) is 35.2 Å². The van der Waals surface area contributed by atoms with Crippen LogP contribution in [0.3, 0.4) is 0 Å². The highest BCUT2D eigenvalue weighted by atomic mass is 16.5. The minimum atomic E-state index is 0.0596. The van der Waals surface area contributed by atoms with Crippen molar-refractivity contribution >= 4 is 5.91 Å². The van der Waals surface area contributed by atoms with Crippen molar-refractivity contribution in [3.8, 4) is 0 Å². The lowest BCUT2D eigenvalue weighted by Gasteiger charge is -2.27. The first-order valence-corrected chi connectivity index (χ1v) is 9.06. The van der Waals surface area contributed by atoms with Crippen LogP contribution in [-0.2, 0) is 22.6 Å². The maximum absolute atomic E-state index is 12.9. The van der Waals surface area contributed by atoms with Crippen LogP contribution in [0, 0.1) is 6.92 Å². The van der Waals surface area contributed by atoms with Gasteiger partial charge in [0.2, 0.25) is 5.91 Å². The number of hydrogen-bond donors (Lipinski definition) is 0. The van der Waals surface area contributed by atoms with Crippen LogP contribution >= 0.6 is 0 Å². The molecule has 1 aliphatic rings. The summed E-state index contributed by atoms with van der Waals surface area (Å²) in [6, 6.07) is 14.1. The molecule has 1 aromatic heterocycles. The molecule has 0 N–H and O–H groups in total. The smallest absolute Gasteiger partial charge is 0.225 e. The lowest BCUT2D eigenvalue weighted by atomic mass is 10.0. The SMILES string of the molecule is Cc1ccccc1CN(Cc1ccccn1)C(=O)CC1CCCCO1. The molecule has 0 bridgehead atoms. The molecule has 4 heteroatoms. The fraction of sp³-hybridized carbons (Fsp3) is 0.429. The zero-order valence-electron chi connectivity index (χ0n) is 14.9. The molecule has 1 amide bonds. The summed E-state index contributed by atoms with van der Waals surface area (Å²) in [4.78, 5) is 19.2. The second-order valence-electron chi connectivity index (χ2n) is 6.69. The first-order valence-electron chi connectivity index (χ1n) is 9.06. The zero-order valence-corrected chi connectivity index (χ0v) is 14.9. The quantitative estimate of drug-likeness (QED) is 0.803. The topological polar surface area (TPSA) is 42.4 Å². The molecular formula is C21H26N2O2. The number of nitrogens with zero attached hydrogens (tertiary/aromatic N) is 2. The van der Waals surface area contributed by atoms with E-state index in [1.165, 1.54) is 11.1 Å². The molecule has 1 saturated heterocycles. The summed E-state index contributed by atoms with van der Waals surface area (Å²) in [6.45, 7) is 3.99. The highest BCUT2D eigenvalue weighted by Gasteiger charge is 2.22. The maximum atomic E-state index is 12.9. The fourth-order valence-electron chi connectivity index (χ4n) is 3.20. The van der Waals surface area contributed by atoms with Gasteiger partial charge in [-0.1, -0.05) is 30.3 Å². The van der Waals surface area contributed by atoms with Gasteiger partial charge in [0.05, 0.1) is 24.8 Å². The molecule has 0 radical (unpaired) electrons. The number of aryl methyl sites for hydroxylation is 1. The first-order chi connectivity index (χ1) is 12.2. The summed E-state index contributed by atoms with van der Waals surface area (Å²) < 4.78 is 5.76. The van der Waals surface area contributed by atoms with E-state index in [-0.39, 0.29) is 12.0 Å². The number of amides is 1. The second-order valence-corrected chi connectivity index (χ2v) is 6.69. The average molecular weight is 338 g/mol. The number of benzene rings is 1. The normalized spacial score (nSPS) is 17.2. The summed E-state index contributed by atoms with van der Waals surface area (Å²) in [6.07, 6.45) is 5.52. The Morgan fingerprint density at radius 2 is 2.00 bits per heavy atom. The van der Waals surface area contributed by atoms with Gasteiger partial charge in [-0.3, -0.25) is 9.78 Å². The molecule has 2 heterocycles. The third-order valence-electron chi connectivity index (χ3n) is 4.73. The standard InChI is InChI=1S/C21H26N2O2/c1-17-8-2-3-9-18(17)15-23(16-19-10-4-6-12-22-19)21(24)14-20-11-5-7-13-25-20/h2-4,6,8-10,12,20H,5,7,11,13-16H2,1H3. The van der Waals surface area contributed by atoms with Gasteiger partial charge in [-0.25, -0.2) is 0 Å². The molecule has 3 rings (SSSR count). The van der Waals surface area contributed by atoms with Gasteiger partial charge in [0.1, 0.15) is 0 Å². The molecule has 0 spiro atoms. The molecule has 132 valence electrons. The molecule has 1 fully saturated rings. The van der Waals surface area contributed by atoms with Gasteiger partial charge < -0.3 is 9.64 Å². The number of rotatable bonds is 6. The summed E-state index contributed by atoms with van der Waals surface area (Å²) in [5, 5.41) is 0. The lowest BCUT2D eigenvalue weighted by molar-refractivity contribution is -0.136. The molecule has 2 aromatic rings. The number of ether oxygens (including phenoxy) is 1. The van der Waals surface area contributed by atoms with Crippen LogP contribution in [-0.4, -0.2) is 28.5 Å². The van der Waals surface area contributed by atoms with E-state index >= 15 is 0 Å². The van der Waals surface area contributed by atoms with Gasteiger partial charge >= 0.3 is 0 Å². The Labute approximate surface area is 149 Å². The van der Waals surface area contributed by atoms with Gasteiger partial charge in [0, 0.05) is 19.3 Å². The molecule has 1 aliphatic heterocycles. The van der Waals surface area contributed by atoms with Crippen LogP contribution in [0.25, 0.3) is 0 Å². The second kappa shape index (κ2) is 8.77. The highest BCUT2D eigenvalue weighted by Crippen LogP contribution is 2.19.